The van der Waals surface area contributed by atoms with Gasteiger partial charge < -0.3 is 14.5 Å². The quantitative estimate of drug-likeness (QED) is 0.638. The van der Waals surface area contributed by atoms with Crippen LogP contribution in [0.5, 0.6) is 5.75 Å². The van der Waals surface area contributed by atoms with Crippen LogP contribution in [0.4, 0.5) is 0 Å². The summed E-state index contributed by atoms with van der Waals surface area (Å²) >= 11 is 0. The Kier molecular flexibility index (Phi) is 7.04. The van der Waals surface area contributed by atoms with Gasteiger partial charge >= 0.3 is 0 Å². The molecule has 0 saturated carbocycles. The zero-order valence-electron chi connectivity index (χ0n) is 17.6. The van der Waals surface area contributed by atoms with Crippen LogP contribution in [-0.4, -0.2) is 55.0 Å². The van der Waals surface area contributed by atoms with E-state index in [2.05, 4.69) is 23.1 Å². The van der Waals surface area contributed by atoms with E-state index in [1.165, 1.54) is 45.2 Å². The first-order valence-corrected chi connectivity index (χ1v) is 11.5. The van der Waals surface area contributed by atoms with Crippen LogP contribution in [0.2, 0.25) is 0 Å². The number of ether oxygens (including phenoxy) is 1. The number of nitrogens with zero attached hydrogens (tertiary/aromatic N) is 2. The summed E-state index contributed by atoms with van der Waals surface area (Å²) in [5.74, 6) is 1.09. The molecule has 2 saturated heterocycles. The molecule has 0 N–H and O–H groups in total. The van der Waals surface area contributed by atoms with Crippen molar-refractivity contribution in [1.82, 2.24) is 9.80 Å². The monoisotopic (exact) mass is 394 g/mol. The second-order valence-electron chi connectivity index (χ2n) is 8.53. The predicted molar refractivity (Wildman–Crippen MR) is 119 cm³/mol. The Morgan fingerprint density at radius 3 is 2.24 bits per heavy atom. The van der Waals surface area contributed by atoms with Gasteiger partial charge in [0.25, 0.3) is 5.91 Å². The first-order chi connectivity index (χ1) is 14.3. The van der Waals surface area contributed by atoms with Crippen LogP contribution < -0.4 is 4.74 Å². The molecular formula is C25H34N2O2. The van der Waals surface area contributed by atoms with Crippen molar-refractivity contribution in [3.8, 4) is 5.75 Å². The van der Waals surface area contributed by atoms with E-state index >= 15 is 0 Å². The van der Waals surface area contributed by atoms with Crippen LogP contribution in [0.25, 0.3) is 10.8 Å². The molecule has 0 unspecified atom stereocenters. The molecule has 0 radical (unpaired) electrons. The van der Waals surface area contributed by atoms with Gasteiger partial charge in [-0.2, -0.15) is 0 Å². The topological polar surface area (TPSA) is 32.8 Å². The van der Waals surface area contributed by atoms with E-state index in [-0.39, 0.29) is 5.91 Å². The van der Waals surface area contributed by atoms with Crippen molar-refractivity contribution in [1.29, 1.82) is 0 Å². The maximum Gasteiger partial charge on any atom is 0.253 e. The van der Waals surface area contributed by atoms with Crippen LogP contribution in [0, 0.1) is 0 Å². The second-order valence-corrected chi connectivity index (χ2v) is 8.53. The minimum absolute atomic E-state index is 0.173. The van der Waals surface area contributed by atoms with E-state index in [9.17, 15) is 4.79 Å². The standard InChI is InChI=1S/C25H34N2O2/c28-25(27-16-6-1-2-7-17-27)23-10-9-22-20-24(12-11-21(22)19-23)29-18-8-15-26-13-4-3-5-14-26/h9-12,19-20H,1-8,13-18H2. The Hall–Kier alpha value is -2.07. The lowest BCUT2D eigenvalue weighted by atomic mass is 10.1. The van der Waals surface area contributed by atoms with Crippen molar-refractivity contribution in [2.45, 2.75) is 51.4 Å². The van der Waals surface area contributed by atoms with Crippen molar-refractivity contribution in [3.63, 3.8) is 0 Å². The summed E-state index contributed by atoms with van der Waals surface area (Å²) in [5, 5.41) is 2.23. The molecule has 2 aromatic carbocycles. The third kappa shape index (κ3) is 5.51. The molecule has 2 aliphatic rings. The predicted octanol–water partition coefficient (Wildman–Crippen LogP) is 5.11. The van der Waals surface area contributed by atoms with Crippen molar-refractivity contribution in [2.24, 2.45) is 0 Å². The molecule has 2 aliphatic heterocycles. The van der Waals surface area contributed by atoms with Crippen molar-refractivity contribution < 1.29 is 9.53 Å². The Balaban J connectivity index is 1.33. The van der Waals surface area contributed by atoms with Crippen molar-refractivity contribution in [2.75, 3.05) is 39.3 Å². The van der Waals surface area contributed by atoms with E-state index in [0.717, 1.165) is 67.6 Å². The number of piperidine rings is 1. The maximum atomic E-state index is 12.9. The molecule has 1 amide bonds. The van der Waals surface area contributed by atoms with Gasteiger partial charge in [0.05, 0.1) is 6.61 Å². The summed E-state index contributed by atoms with van der Waals surface area (Å²) < 4.78 is 5.99. The number of benzene rings is 2. The third-order valence-corrected chi connectivity index (χ3v) is 6.29. The molecule has 0 aliphatic carbocycles. The fourth-order valence-electron chi connectivity index (χ4n) is 4.56. The molecule has 2 fully saturated rings. The van der Waals surface area contributed by atoms with Gasteiger partial charge in [0, 0.05) is 25.2 Å². The highest BCUT2D eigenvalue weighted by atomic mass is 16.5. The van der Waals surface area contributed by atoms with Crippen LogP contribution in [-0.2, 0) is 0 Å². The van der Waals surface area contributed by atoms with E-state index in [1.807, 2.05) is 23.1 Å². The molecule has 4 rings (SSSR count). The summed E-state index contributed by atoms with van der Waals surface area (Å²) in [7, 11) is 0. The number of carbonyl (C=O) groups excluding carboxylic acids is 1. The van der Waals surface area contributed by atoms with Gasteiger partial charge in [0.1, 0.15) is 5.75 Å². The first-order valence-electron chi connectivity index (χ1n) is 11.5. The highest BCUT2D eigenvalue weighted by Crippen LogP contribution is 2.23. The van der Waals surface area contributed by atoms with Gasteiger partial charge in [-0.3, -0.25) is 4.79 Å². The number of fused-ring (bicyclic) bond motifs is 1. The van der Waals surface area contributed by atoms with Crippen molar-refractivity contribution in [3.05, 3.63) is 42.0 Å². The van der Waals surface area contributed by atoms with Crippen molar-refractivity contribution >= 4 is 16.7 Å². The minimum atomic E-state index is 0.173. The molecule has 0 atom stereocenters. The second kappa shape index (κ2) is 10.1. The lowest BCUT2D eigenvalue weighted by molar-refractivity contribution is 0.0762. The average molecular weight is 395 g/mol. The number of likely N-dealkylation sites (tertiary alicyclic amines) is 2. The number of amides is 1. The Morgan fingerprint density at radius 1 is 0.793 bits per heavy atom. The smallest absolute Gasteiger partial charge is 0.253 e. The van der Waals surface area contributed by atoms with E-state index < -0.39 is 0 Å². The van der Waals surface area contributed by atoms with Gasteiger partial charge in [-0.15, -0.1) is 0 Å². The zero-order valence-corrected chi connectivity index (χ0v) is 17.6. The van der Waals surface area contributed by atoms with Crippen LogP contribution in [0.15, 0.2) is 36.4 Å². The third-order valence-electron chi connectivity index (χ3n) is 6.29. The van der Waals surface area contributed by atoms with E-state index in [1.54, 1.807) is 0 Å². The summed E-state index contributed by atoms with van der Waals surface area (Å²) in [6.45, 7) is 6.16. The van der Waals surface area contributed by atoms with Crippen LogP contribution in [0.1, 0.15) is 61.7 Å². The fourth-order valence-corrected chi connectivity index (χ4v) is 4.56. The molecule has 0 spiro atoms. The van der Waals surface area contributed by atoms with Gasteiger partial charge in [-0.25, -0.2) is 0 Å². The van der Waals surface area contributed by atoms with Gasteiger partial charge in [0.15, 0.2) is 0 Å². The summed E-state index contributed by atoms with van der Waals surface area (Å²) in [4.78, 5) is 17.4. The Bertz CT molecular complexity index is 806. The van der Waals surface area contributed by atoms with E-state index in [0.29, 0.717) is 0 Å². The van der Waals surface area contributed by atoms with Gasteiger partial charge in [0.2, 0.25) is 0 Å². The lowest BCUT2D eigenvalue weighted by Gasteiger charge is -2.26. The summed E-state index contributed by atoms with van der Waals surface area (Å²) in [5.41, 5.74) is 0.801. The average Bonchev–Trinajstić information content (AvgIpc) is 3.06. The molecule has 4 nitrogen and oxygen atoms in total. The van der Waals surface area contributed by atoms with Gasteiger partial charge in [-0.1, -0.05) is 31.4 Å². The molecular weight excluding hydrogens is 360 g/mol. The molecule has 29 heavy (non-hydrogen) atoms. The first kappa shape index (κ1) is 20.2. The molecule has 2 heterocycles. The summed E-state index contributed by atoms with van der Waals surface area (Å²) in [6, 6.07) is 12.3. The fraction of sp³-hybridized carbons (Fsp3) is 0.560. The largest absolute Gasteiger partial charge is 0.494 e. The molecule has 4 heteroatoms. The lowest BCUT2D eigenvalue weighted by Crippen LogP contribution is -2.31. The highest BCUT2D eigenvalue weighted by molar-refractivity contribution is 5.98. The Morgan fingerprint density at radius 2 is 1.45 bits per heavy atom. The SMILES string of the molecule is O=C(c1ccc2cc(OCCCN3CCCCC3)ccc2c1)N1CCCCCC1. The van der Waals surface area contributed by atoms with Crippen LogP contribution in [0.3, 0.4) is 0 Å². The number of hydrogen-bond acceptors (Lipinski definition) is 3. The van der Waals surface area contributed by atoms with Gasteiger partial charge in [-0.05, 0) is 80.2 Å². The number of hydrogen-bond donors (Lipinski definition) is 0. The van der Waals surface area contributed by atoms with E-state index in [4.69, 9.17) is 4.74 Å². The normalized spacial score (nSPS) is 18.6. The summed E-state index contributed by atoms with van der Waals surface area (Å²) in [6.07, 6.45) is 9.86. The zero-order chi connectivity index (χ0) is 19.9. The molecule has 156 valence electrons. The highest BCUT2D eigenvalue weighted by Gasteiger charge is 2.17. The maximum absolute atomic E-state index is 12.9. The number of rotatable bonds is 6. The molecule has 2 aromatic rings. The minimum Gasteiger partial charge on any atom is -0.494 e. The number of carbonyl (C=O) groups is 1. The molecule has 0 bridgehead atoms. The van der Waals surface area contributed by atoms with Crippen LogP contribution >= 0.6 is 0 Å². The Labute approximate surface area is 174 Å². The molecule has 0 aromatic heterocycles.